The molecule has 0 radical (unpaired) electrons. The summed E-state index contributed by atoms with van der Waals surface area (Å²) in [4.78, 5) is 25.0. The number of hydrogen-bond acceptors (Lipinski definition) is 4. The van der Waals surface area contributed by atoms with Crippen LogP contribution in [0.1, 0.15) is 54.6 Å². The zero-order valence-electron chi connectivity index (χ0n) is 11.9. The molecule has 5 nitrogen and oxygen atoms in total. The molecule has 1 aromatic heterocycles. The summed E-state index contributed by atoms with van der Waals surface area (Å²) in [6.07, 6.45) is 6.37. The highest BCUT2D eigenvalue weighted by atomic mass is 32.1. The second-order valence-electron chi connectivity index (χ2n) is 5.41. The molecule has 20 heavy (non-hydrogen) atoms. The Labute approximate surface area is 122 Å². The molecule has 0 spiro atoms. The maximum Gasteiger partial charge on any atom is 0.340 e. The van der Waals surface area contributed by atoms with Gasteiger partial charge in [0.2, 0.25) is 5.91 Å². The lowest BCUT2D eigenvalue weighted by atomic mass is 9.87. The topological polar surface area (TPSA) is 70.5 Å². The first-order valence-electron chi connectivity index (χ1n) is 6.96. The van der Waals surface area contributed by atoms with Crippen molar-refractivity contribution in [2.45, 2.75) is 45.4 Å². The zero-order valence-corrected chi connectivity index (χ0v) is 12.7. The molecule has 0 unspecified atom stereocenters. The fraction of sp³-hybridized carbons (Fsp3) is 0.643. The van der Waals surface area contributed by atoms with E-state index in [2.05, 4.69) is 4.37 Å². The fourth-order valence-corrected chi connectivity index (χ4v) is 3.59. The van der Waals surface area contributed by atoms with Crippen LogP contribution in [0.15, 0.2) is 0 Å². The van der Waals surface area contributed by atoms with E-state index >= 15 is 0 Å². The van der Waals surface area contributed by atoms with Crippen molar-refractivity contribution in [1.82, 2.24) is 4.37 Å². The van der Waals surface area contributed by atoms with Crippen LogP contribution in [0.3, 0.4) is 0 Å². The molecule has 1 N–H and O–H groups in total. The van der Waals surface area contributed by atoms with E-state index in [-0.39, 0.29) is 11.5 Å². The van der Waals surface area contributed by atoms with Crippen molar-refractivity contribution in [3.63, 3.8) is 0 Å². The smallest absolute Gasteiger partial charge is 0.340 e. The van der Waals surface area contributed by atoms with Gasteiger partial charge in [0, 0.05) is 13.5 Å². The lowest BCUT2D eigenvalue weighted by molar-refractivity contribution is -0.119. The zero-order chi connectivity index (χ0) is 14.7. The molecule has 1 aromatic rings. The van der Waals surface area contributed by atoms with Crippen molar-refractivity contribution in [3.05, 3.63) is 11.3 Å². The standard InChI is InChI=1S/C14H20N2O3S/c1-9-12(14(18)19)13(20-15-9)16(2)11(17)8-10-6-4-3-5-7-10/h10H,3-8H2,1-2H3,(H,18,19). The predicted molar refractivity (Wildman–Crippen MR) is 78.4 cm³/mol. The van der Waals surface area contributed by atoms with Gasteiger partial charge in [0.25, 0.3) is 0 Å². The van der Waals surface area contributed by atoms with E-state index in [4.69, 9.17) is 0 Å². The molecule has 110 valence electrons. The molecule has 0 aromatic carbocycles. The Bertz CT molecular complexity index is 507. The van der Waals surface area contributed by atoms with Crippen LogP contribution in [0.5, 0.6) is 0 Å². The van der Waals surface area contributed by atoms with Crippen LogP contribution in [0, 0.1) is 12.8 Å². The van der Waals surface area contributed by atoms with Gasteiger partial charge in [-0.2, -0.15) is 4.37 Å². The number of hydrogen-bond donors (Lipinski definition) is 1. The van der Waals surface area contributed by atoms with Crippen molar-refractivity contribution in [1.29, 1.82) is 0 Å². The third kappa shape index (κ3) is 3.17. The first-order valence-corrected chi connectivity index (χ1v) is 7.74. The van der Waals surface area contributed by atoms with Gasteiger partial charge >= 0.3 is 5.97 Å². The number of aromatic nitrogens is 1. The SMILES string of the molecule is Cc1nsc(N(C)C(=O)CC2CCCCC2)c1C(=O)O. The molecule has 0 aliphatic heterocycles. The van der Waals surface area contributed by atoms with E-state index in [0.29, 0.717) is 23.0 Å². The third-order valence-electron chi connectivity index (χ3n) is 3.93. The molecule has 0 saturated heterocycles. The van der Waals surface area contributed by atoms with Gasteiger partial charge in [-0.1, -0.05) is 19.3 Å². The number of anilines is 1. The van der Waals surface area contributed by atoms with Gasteiger partial charge in [0.15, 0.2) is 0 Å². The van der Waals surface area contributed by atoms with Crippen LogP contribution in [-0.2, 0) is 4.79 Å². The van der Waals surface area contributed by atoms with Crippen molar-refractivity contribution in [2.24, 2.45) is 5.92 Å². The maximum absolute atomic E-state index is 12.3. The molecule has 0 atom stereocenters. The number of nitrogens with zero attached hydrogens (tertiary/aromatic N) is 2. The fourth-order valence-electron chi connectivity index (χ4n) is 2.72. The number of carbonyl (C=O) groups is 2. The highest BCUT2D eigenvalue weighted by Gasteiger charge is 2.26. The summed E-state index contributed by atoms with van der Waals surface area (Å²) in [7, 11) is 1.64. The molecule has 1 heterocycles. The molecular weight excluding hydrogens is 276 g/mol. The Morgan fingerprint density at radius 3 is 2.60 bits per heavy atom. The van der Waals surface area contributed by atoms with Crippen LogP contribution in [0.2, 0.25) is 0 Å². The van der Waals surface area contributed by atoms with Crippen LogP contribution < -0.4 is 4.90 Å². The summed E-state index contributed by atoms with van der Waals surface area (Å²) in [6.45, 7) is 1.66. The van der Waals surface area contributed by atoms with Crippen molar-refractivity contribution in [2.75, 3.05) is 11.9 Å². The third-order valence-corrected chi connectivity index (χ3v) is 4.94. The molecule has 0 bridgehead atoms. The van der Waals surface area contributed by atoms with Gasteiger partial charge in [-0.3, -0.25) is 4.79 Å². The molecule has 1 amide bonds. The van der Waals surface area contributed by atoms with Gasteiger partial charge < -0.3 is 10.0 Å². The Morgan fingerprint density at radius 2 is 2.00 bits per heavy atom. The number of carbonyl (C=O) groups excluding carboxylic acids is 1. The van der Waals surface area contributed by atoms with E-state index in [9.17, 15) is 14.7 Å². The molecule has 1 aliphatic carbocycles. The number of aryl methyl sites for hydroxylation is 1. The number of carboxylic acids is 1. The monoisotopic (exact) mass is 296 g/mol. The van der Waals surface area contributed by atoms with Crippen LogP contribution in [0.25, 0.3) is 0 Å². The van der Waals surface area contributed by atoms with Crippen molar-refractivity contribution in [3.8, 4) is 0 Å². The Balaban J connectivity index is 2.08. The first kappa shape index (κ1) is 15.0. The molecule has 6 heteroatoms. The lowest BCUT2D eigenvalue weighted by Gasteiger charge is -2.23. The average Bonchev–Trinajstić information content (AvgIpc) is 2.81. The molecule has 1 fully saturated rings. The second kappa shape index (κ2) is 6.35. The average molecular weight is 296 g/mol. The summed E-state index contributed by atoms with van der Waals surface area (Å²) in [5.41, 5.74) is 0.615. The van der Waals surface area contributed by atoms with Crippen LogP contribution in [0.4, 0.5) is 5.00 Å². The molecular formula is C14H20N2O3S. The van der Waals surface area contributed by atoms with E-state index in [1.54, 1.807) is 14.0 Å². The van der Waals surface area contributed by atoms with E-state index in [0.717, 1.165) is 24.4 Å². The summed E-state index contributed by atoms with van der Waals surface area (Å²) in [5.74, 6) is -0.590. The number of carboxylic acid groups (broad SMARTS) is 1. The first-order chi connectivity index (χ1) is 9.50. The van der Waals surface area contributed by atoms with Gasteiger partial charge in [-0.15, -0.1) is 0 Å². The summed E-state index contributed by atoms with van der Waals surface area (Å²) < 4.78 is 4.06. The normalized spacial score (nSPS) is 16.1. The molecule has 1 saturated carbocycles. The highest BCUT2D eigenvalue weighted by Crippen LogP contribution is 2.31. The minimum Gasteiger partial charge on any atom is -0.478 e. The van der Waals surface area contributed by atoms with Crippen LogP contribution >= 0.6 is 11.5 Å². The quantitative estimate of drug-likeness (QED) is 0.927. The number of rotatable bonds is 4. The van der Waals surface area contributed by atoms with E-state index in [1.165, 1.54) is 24.2 Å². The van der Waals surface area contributed by atoms with Crippen molar-refractivity contribution >= 4 is 28.4 Å². The van der Waals surface area contributed by atoms with E-state index in [1.807, 2.05) is 0 Å². The molecule has 2 rings (SSSR count). The minimum absolute atomic E-state index is 0.0111. The molecule has 1 aliphatic rings. The number of amides is 1. The highest BCUT2D eigenvalue weighted by molar-refractivity contribution is 7.11. The second-order valence-corrected chi connectivity index (χ2v) is 6.17. The Kier molecular flexibility index (Phi) is 4.75. The maximum atomic E-state index is 12.3. The minimum atomic E-state index is -1.02. The largest absolute Gasteiger partial charge is 0.478 e. The van der Waals surface area contributed by atoms with Gasteiger partial charge in [0.1, 0.15) is 10.6 Å². The summed E-state index contributed by atoms with van der Waals surface area (Å²) in [5, 5.41) is 9.66. The van der Waals surface area contributed by atoms with Crippen molar-refractivity contribution < 1.29 is 14.7 Å². The number of aromatic carboxylic acids is 1. The van der Waals surface area contributed by atoms with E-state index < -0.39 is 5.97 Å². The Morgan fingerprint density at radius 1 is 1.35 bits per heavy atom. The summed E-state index contributed by atoms with van der Waals surface area (Å²) >= 11 is 1.08. The lowest BCUT2D eigenvalue weighted by Crippen LogP contribution is -2.29. The van der Waals surface area contributed by atoms with Gasteiger partial charge in [-0.05, 0) is 37.2 Å². The predicted octanol–water partition coefficient (Wildman–Crippen LogP) is 3.08. The Hall–Kier alpha value is -1.43. The van der Waals surface area contributed by atoms with Gasteiger partial charge in [0.05, 0.1) is 5.69 Å². The van der Waals surface area contributed by atoms with Gasteiger partial charge in [-0.25, -0.2) is 4.79 Å². The van der Waals surface area contributed by atoms with Crippen LogP contribution in [-0.4, -0.2) is 28.4 Å². The summed E-state index contributed by atoms with van der Waals surface area (Å²) in [6, 6.07) is 0.